The number of pyridine rings is 1. The van der Waals surface area contributed by atoms with E-state index in [0.717, 1.165) is 5.56 Å². The number of hydrazone groups is 1. The van der Waals surface area contributed by atoms with Gasteiger partial charge in [0.1, 0.15) is 0 Å². The number of carbonyl (C=O) groups excluding carboxylic acids is 1. The molecule has 0 atom stereocenters. The Morgan fingerprint density at radius 2 is 2.05 bits per heavy atom. The van der Waals surface area contributed by atoms with Crippen LogP contribution < -0.4 is 14.7 Å². The molecule has 0 radical (unpaired) electrons. The Labute approximate surface area is 128 Å². The molecule has 1 aromatic carbocycles. The molecule has 0 fully saturated rings. The van der Waals surface area contributed by atoms with Gasteiger partial charge >= 0.3 is 5.91 Å². The third kappa shape index (κ3) is 4.05. The molecular weight excluding hydrogens is 282 g/mol. The van der Waals surface area contributed by atoms with Crippen molar-refractivity contribution in [2.75, 3.05) is 7.11 Å². The van der Waals surface area contributed by atoms with Crippen LogP contribution in [0.5, 0.6) is 11.5 Å². The van der Waals surface area contributed by atoms with Crippen LogP contribution in [0.3, 0.4) is 0 Å². The lowest BCUT2D eigenvalue weighted by atomic mass is 10.1. The van der Waals surface area contributed by atoms with Crippen LogP contribution in [-0.2, 0) is 11.3 Å². The van der Waals surface area contributed by atoms with E-state index in [1.54, 1.807) is 36.0 Å². The Hall–Kier alpha value is -2.89. The SMILES string of the molecule is COc1cc(/C(C)=N\NC(=O)C[n+]2ccccc2)ccc1O. The van der Waals surface area contributed by atoms with Gasteiger partial charge in [-0.25, -0.2) is 5.43 Å². The molecule has 0 bridgehead atoms. The molecule has 2 aromatic rings. The molecule has 0 saturated carbocycles. The molecule has 0 aliphatic heterocycles. The molecule has 1 amide bonds. The first-order chi connectivity index (χ1) is 10.6. The molecule has 0 saturated heterocycles. The number of hydrogen-bond acceptors (Lipinski definition) is 4. The lowest BCUT2D eigenvalue weighted by Gasteiger charge is -2.06. The summed E-state index contributed by atoms with van der Waals surface area (Å²) in [4.78, 5) is 11.8. The molecule has 0 unspecified atom stereocenters. The highest BCUT2D eigenvalue weighted by Crippen LogP contribution is 2.26. The van der Waals surface area contributed by atoms with Crippen molar-refractivity contribution in [2.45, 2.75) is 13.5 Å². The molecule has 2 N–H and O–H groups in total. The van der Waals surface area contributed by atoms with E-state index >= 15 is 0 Å². The quantitative estimate of drug-likeness (QED) is 0.495. The van der Waals surface area contributed by atoms with Crippen LogP contribution in [0.15, 0.2) is 53.9 Å². The Bertz CT molecular complexity index is 684. The fraction of sp³-hybridized carbons (Fsp3) is 0.188. The highest BCUT2D eigenvalue weighted by atomic mass is 16.5. The first-order valence-electron chi connectivity index (χ1n) is 6.74. The summed E-state index contributed by atoms with van der Waals surface area (Å²) in [6.07, 6.45) is 3.61. The molecule has 1 aromatic heterocycles. The van der Waals surface area contributed by atoms with Crippen molar-refractivity contribution in [3.63, 3.8) is 0 Å². The third-order valence-electron chi connectivity index (χ3n) is 3.05. The minimum atomic E-state index is -0.221. The van der Waals surface area contributed by atoms with E-state index in [2.05, 4.69) is 10.5 Å². The van der Waals surface area contributed by atoms with Gasteiger partial charge < -0.3 is 9.84 Å². The number of rotatable bonds is 5. The van der Waals surface area contributed by atoms with Crippen molar-refractivity contribution < 1.29 is 19.2 Å². The normalized spacial score (nSPS) is 11.1. The number of phenolic OH excluding ortho intramolecular Hbond substituents is 1. The summed E-state index contributed by atoms with van der Waals surface area (Å²) in [5, 5.41) is 13.6. The van der Waals surface area contributed by atoms with Crippen molar-refractivity contribution >= 4 is 11.6 Å². The second kappa shape index (κ2) is 7.21. The van der Waals surface area contributed by atoms with E-state index in [0.29, 0.717) is 11.5 Å². The molecule has 6 heteroatoms. The molecule has 2 rings (SSSR count). The van der Waals surface area contributed by atoms with Gasteiger partial charge in [-0.05, 0) is 25.1 Å². The molecular formula is C16H18N3O3+. The monoisotopic (exact) mass is 300 g/mol. The number of hydrogen-bond donors (Lipinski definition) is 2. The van der Waals surface area contributed by atoms with Crippen LogP contribution in [0.25, 0.3) is 0 Å². The first kappa shape index (κ1) is 15.5. The van der Waals surface area contributed by atoms with Crippen LogP contribution in [-0.4, -0.2) is 23.8 Å². The summed E-state index contributed by atoms with van der Waals surface area (Å²) in [5.41, 5.74) is 3.87. The van der Waals surface area contributed by atoms with Crippen molar-refractivity contribution in [3.8, 4) is 11.5 Å². The predicted molar refractivity (Wildman–Crippen MR) is 81.6 cm³/mol. The smallest absolute Gasteiger partial charge is 0.305 e. The summed E-state index contributed by atoms with van der Waals surface area (Å²) in [5.74, 6) is 0.197. The lowest BCUT2D eigenvalue weighted by molar-refractivity contribution is -0.684. The molecule has 114 valence electrons. The maximum absolute atomic E-state index is 11.8. The van der Waals surface area contributed by atoms with E-state index in [4.69, 9.17) is 4.74 Å². The van der Waals surface area contributed by atoms with Gasteiger partial charge in [-0.2, -0.15) is 9.67 Å². The van der Waals surface area contributed by atoms with Crippen molar-refractivity contribution in [1.82, 2.24) is 5.43 Å². The van der Waals surface area contributed by atoms with Gasteiger partial charge in [0.15, 0.2) is 23.9 Å². The second-order valence-electron chi connectivity index (χ2n) is 4.67. The number of amides is 1. The molecule has 22 heavy (non-hydrogen) atoms. The zero-order valence-corrected chi connectivity index (χ0v) is 12.5. The minimum Gasteiger partial charge on any atom is -0.504 e. The van der Waals surface area contributed by atoms with Gasteiger partial charge in [-0.1, -0.05) is 6.07 Å². The standard InChI is InChI=1S/C16H17N3O3/c1-12(13-6-7-14(20)15(10-13)22-2)17-18-16(21)11-19-8-4-3-5-9-19/h3-10H,11H2,1-2H3,(H-,17,18,20,21)/p+1. The van der Waals surface area contributed by atoms with Crippen LogP contribution >= 0.6 is 0 Å². The highest BCUT2D eigenvalue weighted by molar-refractivity contribution is 5.99. The molecule has 0 aliphatic rings. The summed E-state index contributed by atoms with van der Waals surface area (Å²) in [6, 6.07) is 10.5. The van der Waals surface area contributed by atoms with Crippen molar-refractivity contribution in [1.29, 1.82) is 0 Å². The van der Waals surface area contributed by atoms with E-state index in [9.17, 15) is 9.90 Å². The number of phenols is 1. The second-order valence-corrected chi connectivity index (χ2v) is 4.67. The average molecular weight is 300 g/mol. The van der Waals surface area contributed by atoms with E-state index < -0.39 is 0 Å². The predicted octanol–water partition coefficient (Wildman–Crippen LogP) is 1.23. The van der Waals surface area contributed by atoms with Gasteiger partial charge in [-0.3, -0.25) is 4.79 Å². The van der Waals surface area contributed by atoms with E-state index in [1.165, 1.54) is 13.2 Å². The lowest BCUT2D eigenvalue weighted by Crippen LogP contribution is -2.41. The number of nitrogens with zero attached hydrogens (tertiary/aromatic N) is 2. The Kier molecular flexibility index (Phi) is 5.08. The first-order valence-corrected chi connectivity index (χ1v) is 6.74. The molecule has 0 spiro atoms. The maximum atomic E-state index is 11.8. The van der Waals surface area contributed by atoms with Gasteiger partial charge in [-0.15, -0.1) is 0 Å². The summed E-state index contributed by atoms with van der Waals surface area (Å²) in [7, 11) is 1.48. The van der Waals surface area contributed by atoms with Gasteiger partial charge in [0.25, 0.3) is 0 Å². The Morgan fingerprint density at radius 3 is 2.73 bits per heavy atom. The highest BCUT2D eigenvalue weighted by Gasteiger charge is 2.09. The van der Waals surface area contributed by atoms with Crippen LogP contribution in [0.1, 0.15) is 12.5 Å². The van der Waals surface area contributed by atoms with Crippen LogP contribution in [0.2, 0.25) is 0 Å². The van der Waals surface area contributed by atoms with E-state index in [1.807, 2.05) is 18.2 Å². The maximum Gasteiger partial charge on any atom is 0.305 e. The van der Waals surface area contributed by atoms with Gasteiger partial charge in [0.2, 0.25) is 6.54 Å². The number of carbonyl (C=O) groups is 1. The van der Waals surface area contributed by atoms with Crippen LogP contribution in [0, 0.1) is 0 Å². The fourth-order valence-corrected chi connectivity index (χ4v) is 1.85. The zero-order valence-electron chi connectivity index (χ0n) is 12.5. The topological polar surface area (TPSA) is 74.8 Å². The minimum absolute atomic E-state index is 0.0589. The van der Waals surface area contributed by atoms with Gasteiger partial charge in [0, 0.05) is 17.7 Å². The third-order valence-corrected chi connectivity index (χ3v) is 3.05. The van der Waals surface area contributed by atoms with E-state index in [-0.39, 0.29) is 18.2 Å². The van der Waals surface area contributed by atoms with Gasteiger partial charge in [0.05, 0.1) is 12.8 Å². The Balaban J connectivity index is 2.02. The Morgan fingerprint density at radius 1 is 1.32 bits per heavy atom. The van der Waals surface area contributed by atoms with Crippen LogP contribution in [0.4, 0.5) is 0 Å². The summed E-state index contributed by atoms with van der Waals surface area (Å²) >= 11 is 0. The number of methoxy groups -OCH3 is 1. The summed E-state index contributed by atoms with van der Waals surface area (Å²) in [6.45, 7) is 1.96. The molecule has 6 nitrogen and oxygen atoms in total. The number of aromatic nitrogens is 1. The zero-order chi connectivity index (χ0) is 15.9. The summed E-state index contributed by atoms with van der Waals surface area (Å²) < 4.78 is 6.80. The molecule has 1 heterocycles. The number of nitrogens with one attached hydrogen (secondary N) is 1. The fourth-order valence-electron chi connectivity index (χ4n) is 1.85. The average Bonchev–Trinajstić information content (AvgIpc) is 2.54. The largest absolute Gasteiger partial charge is 0.504 e. The number of ether oxygens (including phenoxy) is 1. The van der Waals surface area contributed by atoms with Crippen molar-refractivity contribution in [2.24, 2.45) is 5.10 Å². The number of aromatic hydroxyl groups is 1. The van der Waals surface area contributed by atoms with Crippen molar-refractivity contribution in [3.05, 3.63) is 54.4 Å². The molecule has 0 aliphatic carbocycles. The number of benzene rings is 1.